The summed E-state index contributed by atoms with van der Waals surface area (Å²) in [6.07, 6.45) is 0.519. The van der Waals surface area contributed by atoms with Crippen LogP contribution in [0.25, 0.3) is 0 Å². The minimum atomic E-state index is -1.22. The molecule has 28 heavy (non-hydrogen) atoms. The molecule has 5 N–H and O–H groups in total. The molecule has 1 fully saturated rings. The van der Waals surface area contributed by atoms with E-state index in [1.54, 1.807) is 19.1 Å². The molecule has 1 aromatic rings. The molecule has 0 aliphatic carbocycles. The third kappa shape index (κ3) is 4.05. The van der Waals surface area contributed by atoms with Crippen molar-refractivity contribution in [1.29, 1.82) is 0 Å². The fourth-order valence-electron chi connectivity index (χ4n) is 3.22. The Morgan fingerprint density at radius 2 is 2.14 bits per heavy atom. The average molecular weight is 391 g/mol. The van der Waals surface area contributed by atoms with Crippen LogP contribution in [0.4, 0.5) is 0 Å². The highest BCUT2D eigenvalue weighted by Crippen LogP contribution is 2.37. The summed E-state index contributed by atoms with van der Waals surface area (Å²) in [5.74, 6) is -1.66. The Kier molecular flexibility index (Phi) is 5.75. The van der Waals surface area contributed by atoms with Crippen LogP contribution in [0.1, 0.15) is 22.8 Å². The Morgan fingerprint density at radius 1 is 1.43 bits per heavy atom. The number of nitrogens with zero attached hydrogens (tertiary/aromatic N) is 1. The van der Waals surface area contributed by atoms with E-state index in [-0.39, 0.29) is 48.7 Å². The lowest BCUT2D eigenvalue weighted by molar-refractivity contribution is -0.143. The summed E-state index contributed by atoms with van der Waals surface area (Å²) in [5.41, 5.74) is 5.78. The highest BCUT2D eigenvalue weighted by Gasteiger charge is 2.37. The Bertz CT molecular complexity index is 797. The van der Waals surface area contributed by atoms with Gasteiger partial charge in [0.05, 0.1) is 19.6 Å². The van der Waals surface area contributed by atoms with Crippen LogP contribution < -0.4 is 20.4 Å². The smallest absolute Gasteiger partial charge is 0.522 e. The van der Waals surface area contributed by atoms with Crippen LogP contribution in [0.3, 0.4) is 0 Å². The quantitative estimate of drug-likeness (QED) is 0.444. The van der Waals surface area contributed by atoms with Crippen LogP contribution >= 0.6 is 0 Å². The number of likely N-dealkylation sites (tertiary alicyclic amines) is 1. The topological polar surface area (TPSA) is 151 Å². The summed E-state index contributed by atoms with van der Waals surface area (Å²) >= 11 is 0. The van der Waals surface area contributed by atoms with Gasteiger partial charge in [-0.2, -0.15) is 0 Å². The van der Waals surface area contributed by atoms with Gasteiger partial charge in [0.15, 0.2) is 0 Å². The van der Waals surface area contributed by atoms with Gasteiger partial charge < -0.3 is 35.5 Å². The van der Waals surface area contributed by atoms with Crippen LogP contribution in [0.2, 0.25) is 6.32 Å². The van der Waals surface area contributed by atoms with E-state index >= 15 is 0 Å². The number of hydrogen-bond donors (Lipinski definition) is 4. The predicted molar refractivity (Wildman–Crippen MR) is 98.2 cm³/mol. The summed E-state index contributed by atoms with van der Waals surface area (Å²) in [7, 11) is -1.05. The average Bonchev–Trinajstić information content (AvgIpc) is 2.62. The zero-order chi connectivity index (χ0) is 20.4. The number of ether oxygens (including phenoxy) is 1. The number of carbonyl (C=O) groups is 3. The van der Waals surface area contributed by atoms with Crippen molar-refractivity contribution in [3.63, 3.8) is 0 Å². The van der Waals surface area contributed by atoms with Crippen molar-refractivity contribution < 1.29 is 33.9 Å². The number of nitrogens with one attached hydrogen (secondary N) is 1. The molecule has 2 amide bonds. The molecule has 0 unspecified atom stereocenters. The van der Waals surface area contributed by atoms with Gasteiger partial charge in [0.2, 0.25) is 11.8 Å². The highest BCUT2D eigenvalue weighted by molar-refractivity contribution is 6.44. The summed E-state index contributed by atoms with van der Waals surface area (Å²) in [6, 6.07) is 2.58. The normalized spacial score (nSPS) is 17.1. The molecule has 0 aromatic heterocycles. The van der Waals surface area contributed by atoms with Gasteiger partial charge in [-0.3, -0.25) is 9.59 Å². The monoisotopic (exact) mass is 391 g/mol. The lowest BCUT2D eigenvalue weighted by atomic mass is 9.78. The number of amides is 2. The first-order valence-corrected chi connectivity index (χ1v) is 8.99. The second kappa shape index (κ2) is 8.07. The van der Waals surface area contributed by atoms with Gasteiger partial charge in [-0.15, -0.1) is 0 Å². The largest absolute Gasteiger partial charge is 0.535 e. The third-order valence-corrected chi connectivity index (χ3v) is 4.72. The van der Waals surface area contributed by atoms with Crippen molar-refractivity contribution in [3.05, 3.63) is 23.3 Å². The standard InChI is InChI=1S/C17H22BN3O7/c1-9(20-13(22)6-19)16(23)21-7-11(8-21)27-12-3-2-10-4-5-18(26)28-15(10)14(12)17(24)25/h2-3,9,11,26H,4-8,19H2,1H3,(H,20,22)(H,24,25)/t9-/m1/s1. The number of carboxylic acids is 1. The number of fused-ring (bicyclic) bond motifs is 1. The lowest BCUT2D eigenvalue weighted by Crippen LogP contribution is -2.60. The van der Waals surface area contributed by atoms with Crippen LogP contribution in [0, 0.1) is 0 Å². The van der Waals surface area contributed by atoms with Gasteiger partial charge in [-0.1, -0.05) is 6.07 Å². The molecule has 1 aromatic carbocycles. The van der Waals surface area contributed by atoms with Crippen LogP contribution in [-0.4, -0.2) is 71.7 Å². The molecular weight excluding hydrogens is 369 g/mol. The number of carboxylic acid groups (broad SMARTS) is 1. The minimum Gasteiger partial charge on any atom is -0.535 e. The van der Waals surface area contributed by atoms with Gasteiger partial charge in [-0.25, -0.2) is 4.79 Å². The Labute approximate surface area is 161 Å². The molecule has 0 spiro atoms. The van der Waals surface area contributed by atoms with Crippen molar-refractivity contribution >= 4 is 24.9 Å². The molecule has 11 heteroatoms. The van der Waals surface area contributed by atoms with Crippen LogP contribution in [-0.2, 0) is 16.0 Å². The molecule has 150 valence electrons. The maximum Gasteiger partial charge on any atom is 0.522 e. The first-order chi connectivity index (χ1) is 13.3. The predicted octanol–water partition coefficient (Wildman–Crippen LogP) is -1.15. The lowest BCUT2D eigenvalue weighted by Gasteiger charge is -2.40. The molecule has 2 aliphatic rings. The molecule has 2 aliphatic heterocycles. The van der Waals surface area contributed by atoms with E-state index in [1.165, 1.54) is 4.90 Å². The molecule has 0 bridgehead atoms. The number of carbonyl (C=O) groups excluding carboxylic acids is 2. The van der Waals surface area contributed by atoms with Crippen LogP contribution in [0.15, 0.2) is 12.1 Å². The zero-order valence-corrected chi connectivity index (χ0v) is 15.4. The van der Waals surface area contributed by atoms with E-state index in [9.17, 15) is 24.5 Å². The highest BCUT2D eigenvalue weighted by atomic mass is 16.5. The summed E-state index contributed by atoms with van der Waals surface area (Å²) in [4.78, 5) is 36.8. The van der Waals surface area contributed by atoms with Crippen molar-refractivity contribution in [2.45, 2.75) is 31.8 Å². The van der Waals surface area contributed by atoms with Crippen LogP contribution in [0.5, 0.6) is 11.5 Å². The van der Waals surface area contributed by atoms with Crippen molar-refractivity contribution in [2.75, 3.05) is 19.6 Å². The number of hydrogen-bond acceptors (Lipinski definition) is 7. The number of aromatic carboxylic acids is 1. The molecule has 0 radical (unpaired) electrons. The van der Waals surface area contributed by atoms with E-state index in [1.807, 2.05) is 0 Å². The SMILES string of the molecule is C[C@@H](NC(=O)CN)C(=O)N1CC(Oc2ccc3c(c2C(=O)O)OB(O)CC3)C1. The van der Waals surface area contributed by atoms with E-state index in [2.05, 4.69) is 5.32 Å². The van der Waals surface area contributed by atoms with Gasteiger partial charge >= 0.3 is 13.1 Å². The Hall–Kier alpha value is -2.79. The van der Waals surface area contributed by atoms with Gasteiger partial charge in [0.1, 0.15) is 29.2 Å². The first-order valence-electron chi connectivity index (χ1n) is 8.99. The molecule has 1 atom stereocenters. The van der Waals surface area contributed by atoms with E-state index in [0.29, 0.717) is 18.3 Å². The Morgan fingerprint density at radius 3 is 2.79 bits per heavy atom. The summed E-state index contributed by atoms with van der Waals surface area (Å²) < 4.78 is 11.1. The molecule has 0 saturated carbocycles. The zero-order valence-electron chi connectivity index (χ0n) is 15.4. The molecule has 3 rings (SSSR count). The molecule has 2 heterocycles. The molecule has 1 saturated heterocycles. The minimum absolute atomic E-state index is 0.120. The number of rotatable bonds is 6. The van der Waals surface area contributed by atoms with Crippen molar-refractivity contribution in [1.82, 2.24) is 10.2 Å². The number of aryl methyl sites for hydroxylation is 1. The number of benzene rings is 1. The summed E-state index contributed by atoms with van der Waals surface area (Å²) in [5, 5.41) is 21.7. The molecule has 10 nitrogen and oxygen atoms in total. The maximum atomic E-state index is 12.3. The second-order valence-corrected chi connectivity index (χ2v) is 6.82. The number of nitrogens with two attached hydrogens (primary N) is 1. The second-order valence-electron chi connectivity index (χ2n) is 6.82. The fraction of sp³-hybridized carbons (Fsp3) is 0.471. The Balaban J connectivity index is 1.65. The maximum absolute atomic E-state index is 12.3. The van der Waals surface area contributed by atoms with E-state index < -0.39 is 25.0 Å². The van der Waals surface area contributed by atoms with E-state index in [4.69, 9.17) is 15.1 Å². The first kappa shape index (κ1) is 20.0. The van der Waals surface area contributed by atoms with Crippen molar-refractivity contribution in [3.8, 4) is 11.5 Å². The van der Waals surface area contributed by atoms with Gasteiger partial charge in [0, 0.05) is 0 Å². The summed E-state index contributed by atoms with van der Waals surface area (Å²) in [6.45, 7) is 1.90. The van der Waals surface area contributed by atoms with Gasteiger partial charge in [0.25, 0.3) is 0 Å². The fourth-order valence-corrected chi connectivity index (χ4v) is 3.22. The third-order valence-electron chi connectivity index (χ3n) is 4.72. The van der Waals surface area contributed by atoms with Gasteiger partial charge in [-0.05, 0) is 31.3 Å². The van der Waals surface area contributed by atoms with Crippen molar-refractivity contribution in [2.24, 2.45) is 5.73 Å². The van der Waals surface area contributed by atoms with E-state index in [0.717, 1.165) is 0 Å². The molecular formula is C17H22BN3O7.